The molecule has 1 atom stereocenters. The lowest BCUT2D eigenvalue weighted by Gasteiger charge is -2.37. The van der Waals surface area contributed by atoms with Crippen LogP contribution in [0.25, 0.3) is 0 Å². The monoisotopic (exact) mass is 256 g/mol. The van der Waals surface area contributed by atoms with Crippen molar-refractivity contribution in [2.75, 3.05) is 26.4 Å². The van der Waals surface area contributed by atoms with Crippen molar-refractivity contribution in [3.8, 4) is 0 Å². The minimum atomic E-state index is 0.359. The van der Waals surface area contributed by atoms with Crippen LogP contribution in [0.3, 0.4) is 0 Å². The summed E-state index contributed by atoms with van der Waals surface area (Å²) in [5.41, 5.74) is 0. The van der Waals surface area contributed by atoms with Crippen LogP contribution in [0.5, 0.6) is 0 Å². The number of thiol groups is 1. The van der Waals surface area contributed by atoms with Gasteiger partial charge in [-0.05, 0) is 51.4 Å². The molecular formula is C13H24N2OS. The van der Waals surface area contributed by atoms with E-state index >= 15 is 0 Å². The van der Waals surface area contributed by atoms with Crippen molar-refractivity contribution in [3.63, 3.8) is 0 Å². The average Bonchev–Trinajstić information content (AvgIpc) is 2.71. The van der Waals surface area contributed by atoms with Gasteiger partial charge in [-0.25, -0.2) is 0 Å². The SMILES string of the molecule is CN(C)C1CCC(N2CC(CS)CC2=O)CC1. The van der Waals surface area contributed by atoms with Crippen LogP contribution in [0.15, 0.2) is 0 Å². The zero-order valence-corrected chi connectivity index (χ0v) is 11.8. The highest BCUT2D eigenvalue weighted by atomic mass is 32.1. The molecule has 0 aromatic carbocycles. The molecule has 98 valence electrons. The number of rotatable bonds is 3. The molecule has 0 radical (unpaired) electrons. The molecule has 0 bridgehead atoms. The van der Waals surface area contributed by atoms with Gasteiger partial charge in [0, 0.05) is 25.0 Å². The van der Waals surface area contributed by atoms with Crippen LogP contribution < -0.4 is 0 Å². The lowest BCUT2D eigenvalue weighted by molar-refractivity contribution is -0.130. The number of carbonyl (C=O) groups is 1. The average molecular weight is 256 g/mol. The van der Waals surface area contributed by atoms with E-state index < -0.39 is 0 Å². The molecule has 0 aromatic heterocycles. The Kier molecular flexibility index (Phi) is 4.36. The summed E-state index contributed by atoms with van der Waals surface area (Å²) in [5, 5.41) is 0. The van der Waals surface area contributed by atoms with Gasteiger partial charge >= 0.3 is 0 Å². The summed E-state index contributed by atoms with van der Waals surface area (Å²) < 4.78 is 0. The molecule has 1 saturated carbocycles. The topological polar surface area (TPSA) is 23.6 Å². The summed E-state index contributed by atoms with van der Waals surface area (Å²) in [7, 11) is 4.31. The number of hydrogen-bond acceptors (Lipinski definition) is 3. The Bertz CT molecular complexity index is 275. The van der Waals surface area contributed by atoms with E-state index in [1.54, 1.807) is 0 Å². The van der Waals surface area contributed by atoms with Crippen molar-refractivity contribution in [1.82, 2.24) is 9.80 Å². The third-order valence-corrected chi connectivity index (χ3v) is 4.85. The highest BCUT2D eigenvalue weighted by molar-refractivity contribution is 7.80. The first-order valence-corrected chi connectivity index (χ1v) is 7.31. The van der Waals surface area contributed by atoms with E-state index in [1.807, 2.05) is 0 Å². The van der Waals surface area contributed by atoms with E-state index in [0.717, 1.165) is 18.7 Å². The predicted molar refractivity (Wildman–Crippen MR) is 73.4 cm³/mol. The van der Waals surface area contributed by atoms with Gasteiger partial charge in [0.25, 0.3) is 0 Å². The molecule has 17 heavy (non-hydrogen) atoms. The van der Waals surface area contributed by atoms with Gasteiger partial charge in [0.1, 0.15) is 0 Å². The Hall–Kier alpha value is -0.220. The maximum absolute atomic E-state index is 11.9. The molecule has 3 nitrogen and oxygen atoms in total. The summed E-state index contributed by atoms with van der Waals surface area (Å²) in [4.78, 5) is 16.4. The Balaban J connectivity index is 1.87. The molecule has 0 aromatic rings. The van der Waals surface area contributed by atoms with E-state index in [0.29, 0.717) is 23.9 Å². The van der Waals surface area contributed by atoms with Crippen LogP contribution >= 0.6 is 12.6 Å². The Morgan fingerprint density at radius 2 is 1.94 bits per heavy atom. The van der Waals surface area contributed by atoms with Crippen molar-refractivity contribution < 1.29 is 4.79 Å². The Morgan fingerprint density at radius 3 is 2.41 bits per heavy atom. The van der Waals surface area contributed by atoms with Gasteiger partial charge in [-0.1, -0.05) is 0 Å². The minimum absolute atomic E-state index is 0.359. The molecule has 1 amide bonds. The van der Waals surface area contributed by atoms with Crippen LogP contribution in [-0.4, -0.2) is 54.2 Å². The number of likely N-dealkylation sites (tertiary alicyclic amines) is 1. The normalized spacial score (nSPS) is 34.7. The number of hydrogen-bond donors (Lipinski definition) is 1. The van der Waals surface area contributed by atoms with E-state index in [2.05, 4.69) is 36.5 Å². The first-order chi connectivity index (χ1) is 8.11. The van der Waals surface area contributed by atoms with Crippen molar-refractivity contribution >= 4 is 18.5 Å². The van der Waals surface area contributed by atoms with Gasteiger partial charge in [-0.15, -0.1) is 0 Å². The highest BCUT2D eigenvalue weighted by Crippen LogP contribution is 2.30. The maximum Gasteiger partial charge on any atom is 0.223 e. The first kappa shape index (κ1) is 13.2. The Morgan fingerprint density at radius 1 is 1.29 bits per heavy atom. The smallest absolute Gasteiger partial charge is 0.223 e. The fourth-order valence-electron chi connectivity index (χ4n) is 3.17. The molecule has 0 N–H and O–H groups in total. The quantitative estimate of drug-likeness (QED) is 0.776. The second-order valence-electron chi connectivity index (χ2n) is 5.72. The molecule has 0 spiro atoms. The van der Waals surface area contributed by atoms with E-state index in [9.17, 15) is 4.79 Å². The Labute approximate surface area is 110 Å². The van der Waals surface area contributed by atoms with E-state index in [4.69, 9.17) is 0 Å². The van der Waals surface area contributed by atoms with Crippen LogP contribution in [0.1, 0.15) is 32.1 Å². The molecule has 1 heterocycles. The second kappa shape index (κ2) is 5.61. The van der Waals surface area contributed by atoms with Crippen LogP contribution in [-0.2, 0) is 4.79 Å². The lowest BCUT2D eigenvalue weighted by atomic mass is 9.89. The zero-order chi connectivity index (χ0) is 12.4. The zero-order valence-electron chi connectivity index (χ0n) is 10.9. The highest BCUT2D eigenvalue weighted by Gasteiger charge is 2.35. The van der Waals surface area contributed by atoms with Gasteiger partial charge < -0.3 is 9.80 Å². The molecule has 1 unspecified atom stereocenters. The van der Waals surface area contributed by atoms with E-state index in [-0.39, 0.29) is 0 Å². The molecule has 2 rings (SSSR count). The summed E-state index contributed by atoms with van der Waals surface area (Å²) in [6.07, 6.45) is 5.53. The summed E-state index contributed by atoms with van der Waals surface area (Å²) in [5.74, 6) is 1.68. The van der Waals surface area contributed by atoms with Gasteiger partial charge in [0.05, 0.1) is 0 Å². The van der Waals surface area contributed by atoms with Crippen molar-refractivity contribution in [3.05, 3.63) is 0 Å². The number of carbonyl (C=O) groups excluding carboxylic acids is 1. The molecular weight excluding hydrogens is 232 g/mol. The maximum atomic E-state index is 11.9. The third kappa shape index (κ3) is 2.97. The molecule has 1 saturated heterocycles. The molecule has 1 aliphatic carbocycles. The van der Waals surface area contributed by atoms with Gasteiger partial charge in [-0.3, -0.25) is 4.79 Å². The van der Waals surface area contributed by atoms with Crippen LogP contribution in [0.2, 0.25) is 0 Å². The summed E-state index contributed by atoms with van der Waals surface area (Å²) in [6, 6.07) is 1.22. The largest absolute Gasteiger partial charge is 0.339 e. The van der Waals surface area contributed by atoms with Crippen molar-refractivity contribution in [1.29, 1.82) is 0 Å². The van der Waals surface area contributed by atoms with Crippen LogP contribution in [0, 0.1) is 5.92 Å². The number of nitrogens with zero attached hydrogens (tertiary/aromatic N) is 2. The lowest BCUT2D eigenvalue weighted by Crippen LogP contribution is -2.42. The molecule has 4 heteroatoms. The molecule has 2 aliphatic rings. The van der Waals surface area contributed by atoms with Crippen molar-refractivity contribution in [2.24, 2.45) is 5.92 Å². The predicted octanol–water partition coefficient (Wildman–Crippen LogP) is 1.64. The summed E-state index contributed by atoms with van der Waals surface area (Å²) >= 11 is 4.32. The second-order valence-corrected chi connectivity index (χ2v) is 6.09. The fraction of sp³-hybridized carbons (Fsp3) is 0.923. The first-order valence-electron chi connectivity index (χ1n) is 6.68. The third-order valence-electron chi connectivity index (χ3n) is 4.33. The van der Waals surface area contributed by atoms with Crippen LogP contribution in [0.4, 0.5) is 0 Å². The molecule has 2 fully saturated rings. The van der Waals surface area contributed by atoms with Gasteiger partial charge in [-0.2, -0.15) is 12.6 Å². The van der Waals surface area contributed by atoms with Gasteiger partial charge in [0.15, 0.2) is 0 Å². The summed E-state index contributed by atoms with van der Waals surface area (Å²) in [6.45, 7) is 0.944. The standard InChI is InChI=1S/C13H24N2OS/c1-14(2)11-3-5-12(6-4-11)15-8-10(9-17)7-13(15)16/h10-12,17H,3-9H2,1-2H3. The molecule has 1 aliphatic heterocycles. The fourth-order valence-corrected chi connectivity index (χ4v) is 3.41. The number of amides is 1. The van der Waals surface area contributed by atoms with Gasteiger partial charge in [0.2, 0.25) is 5.91 Å². The van der Waals surface area contributed by atoms with E-state index in [1.165, 1.54) is 25.7 Å². The van der Waals surface area contributed by atoms with Crippen molar-refractivity contribution in [2.45, 2.75) is 44.2 Å². The minimum Gasteiger partial charge on any atom is -0.339 e.